The van der Waals surface area contributed by atoms with Gasteiger partial charge in [0.2, 0.25) is 0 Å². The van der Waals surface area contributed by atoms with Crippen molar-refractivity contribution in [3.8, 4) is 0 Å². The summed E-state index contributed by atoms with van der Waals surface area (Å²) >= 11 is 0. The van der Waals surface area contributed by atoms with Crippen LogP contribution in [0.25, 0.3) is 0 Å². The van der Waals surface area contributed by atoms with Crippen molar-refractivity contribution >= 4 is 0 Å². The zero-order valence-electron chi connectivity index (χ0n) is 9.43. The van der Waals surface area contributed by atoms with E-state index in [1.807, 2.05) is 10.9 Å². The zero-order valence-corrected chi connectivity index (χ0v) is 9.43. The maximum absolute atomic E-state index is 5.35. The minimum atomic E-state index is 0.617. The third-order valence-electron chi connectivity index (χ3n) is 3.20. The fourth-order valence-corrected chi connectivity index (χ4v) is 2.04. The largest absolute Gasteiger partial charge is 0.381 e. The first-order valence-corrected chi connectivity index (χ1v) is 6.10. The summed E-state index contributed by atoms with van der Waals surface area (Å²) in [6.45, 7) is 3.56. The molecule has 5 heteroatoms. The van der Waals surface area contributed by atoms with Gasteiger partial charge in [0.1, 0.15) is 0 Å². The van der Waals surface area contributed by atoms with Crippen LogP contribution < -0.4 is 5.32 Å². The number of hydrogen-bond acceptors (Lipinski definition) is 4. The van der Waals surface area contributed by atoms with Gasteiger partial charge in [-0.25, -0.2) is 0 Å². The van der Waals surface area contributed by atoms with Crippen molar-refractivity contribution in [2.24, 2.45) is 5.92 Å². The van der Waals surface area contributed by atoms with E-state index < -0.39 is 0 Å². The van der Waals surface area contributed by atoms with Crippen molar-refractivity contribution in [2.45, 2.75) is 38.4 Å². The molecule has 1 aliphatic carbocycles. The van der Waals surface area contributed by atoms with Gasteiger partial charge in [-0.1, -0.05) is 5.21 Å². The quantitative estimate of drug-likeness (QED) is 0.791. The Balaban J connectivity index is 1.50. The molecular formula is C11H18N4O. The number of ether oxygens (including phenoxy) is 1. The molecule has 0 bridgehead atoms. The fourth-order valence-electron chi connectivity index (χ4n) is 2.04. The van der Waals surface area contributed by atoms with Gasteiger partial charge >= 0.3 is 0 Å². The van der Waals surface area contributed by atoms with Crippen LogP contribution in [0.4, 0.5) is 0 Å². The summed E-state index contributed by atoms with van der Waals surface area (Å²) in [5.41, 5.74) is 1.05. The molecule has 1 N–H and O–H groups in total. The van der Waals surface area contributed by atoms with E-state index in [0.29, 0.717) is 5.92 Å². The van der Waals surface area contributed by atoms with E-state index in [0.717, 1.165) is 44.5 Å². The summed E-state index contributed by atoms with van der Waals surface area (Å²) < 4.78 is 7.30. The number of hydrogen-bond donors (Lipinski definition) is 1. The number of nitrogens with one attached hydrogen (secondary N) is 1. The topological polar surface area (TPSA) is 52.0 Å². The lowest BCUT2D eigenvalue weighted by Gasteiger charge is -2.05. The first-order chi connectivity index (χ1) is 7.90. The van der Waals surface area contributed by atoms with Crippen molar-refractivity contribution in [1.82, 2.24) is 20.3 Å². The molecule has 5 nitrogen and oxygen atoms in total. The lowest BCUT2D eigenvalue weighted by molar-refractivity contribution is 0.181. The van der Waals surface area contributed by atoms with Crippen LogP contribution in [0.15, 0.2) is 6.20 Å². The first-order valence-electron chi connectivity index (χ1n) is 6.10. The van der Waals surface area contributed by atoms with Gasteiger partial charge in [0.25, 0.3) is 0 Å². The highest BCUT2D eigenvalue weighted by Gasteiger charge is 2.21. The van der Waals surface area contributed by atoms with Crippen molar-refractivity contribution in [3.05, 3.63) is 11.9 Å². The van der Waals surface area contributed by atoms with E-state index in [2.05, 4.69) is 15.6 Å². The summed E-state index contributed by atoms with van der Waals surface area (Å²) in [6.07, 6.45) is 5.82. The maximum atomic E-state index is 5.35. The Bertz CT molecular complexity index is 342. The molecule has 88 valence electrons. The molecule has 2 aliphatic rings. The Morgan fingerprint density at radius 1 is 1.44 bits per heavy atom. The molecule has 1 saturated heterocycles. The van der Waals surface area contributed by atoms with Crippen LogP contribution >= 0.6 is 0 Å². The van der Waals surface area contributed by atoms with Crippen LogP contribution in [-0.2, 0) is 17.8 Å². The van der Waals surface area contributed by atoms with Crippen LogP contribution in [0.1, 0.15) is 25.0 Å². The Hall–Kier alpha value is -0.940. The zero-order chi connectivity index (χ0) is 10.8. The molecule has 2 fully saturated rings. The highest BCUT2D eigenvalue weighted by molar-refractivity contribution is 4.94. The van der Waals surface area contributed by atoms with Crippen LogP contribution in [0.2, 0.25) is 0 Å². The molecule has 1 aromatic rings. The number of aromatic nitrogens is 3. The average Bonchev–Trinajstić information content (AvgIpc) is 2.78. The third kappa shape index (κ3) is 2.59. The lowest BCUT2D eigenvalue weighted by atomic mass is 10.1. The monoisotopic (exact) mass is 222 g/mol. The van der Waals surface area contributed by atoms with Gasteiger partial charge in [-0.05, 0) is 19.3 Å². The number of rotatable bonds is 5. The van der Waals surface area contributed by atoms with E-state index >= 15 is 0 Å². The van der Waals surface area contributed by atoms with Crippen molar-refractivity contribution in [3.63, 3.8) is 0 Å². The highest BCUT2D eigenvalue weighted by Crippen LogP contribution is 2.19. The van der Waals surface area contributed by atoms with Gasteiger partial charge in [-0.2, -0.15) is 0 Å². The molecule has 0 amide bonds. The molecule has 0 spiro atoms. The van der Waals surface area contributed by atoms with E-state index in [-0.39, 0.29) is 0 Å². The fraction of sp³-hybridized carbons (Fsp3) is 0.818. The van der Waals surface area contributed by atoms with Gasteiger partial charge in [0.05, 0.1) is 12.3 Å². The van der Waals surface area contributed by atoms with Gasteiger partial charge in [0.15, 0.2) is 0 Å². The van der Waals surface area contributed by atoms with Crippen LogP contribution in [0.5, 0.6) is 0 Å². The molecule has 0 radical (unpaired) electrons. The normalized spacial score (nSPS) is 25.1. The van der Waals surface area contributed by atoms with Gasteiger partial charge in [0, 0.05) is 37.9 Å². The third-order valence-corrected chi connectivity index (χ3v) is 3.20. The summed E-state index contributed by atoms with van der Waals surface area (Å²) in [6, 6.07) is 0.730. The number of nitrogens with zero attached hydrogens (tertiary/aromatic N) is 3. The van der Waals surface area contributed by atoms with Crippen LogP contribution in [0, 0.1) is 5.92 Å². The van der Waals surface area contributed by atoms with E-state index in [9.17, 15) is 0 Å². The van der Waals surface area contributed by atoms with Crippen molar-refractivity contribution < 1.29 is 4.74 Å². The summed E-state index contributed by atoms with van der Waals surface area (Å²) in [4.78, 5) is 0. The van der Waals surface area contributed by atoms with Gasteiger partial charge in [-0.15, -0.1) is 5.10 Å². The molecule has 1 saturated carbocycles. The maximum Gasteiger partial charge on any atom is 0.0964 e. The van der Waals surface area contributed by atoms with E-state index in [1.165, 1.54) is 12.8 Å². The van der Waals surface area contributed by atoms with Crippen molar-refractivity contribution in [1.29, 1.82) is 0 Å². The van der Waals surface area contributed by atoms with Crippen LogP contribution in [0.3, 0.4) is 0 Å². The lowest BCUT2D eigenvalue weighted by Crippen LogP contribution is -2.15. The van der Waals surface area contributed by atoms with E-state index in [1.54, 1.807) is 0 Å². The molecule has 1 atom stereocenters. The summed E-state index contributed by atoms with van der Waals surface area (Å²) in [5, 5.41) is 11.8. The molecule has 1 unspecified atom stereocenters. The first kappa shape index (κ1) is 10.2. The Morgan fingerprint density at radius 2 is 2.38 bits per heavy atom. The second-order valence-electron chi connectivity index (χ2n) is 4.82. The smallest absolute Gasteiger partial charge is 0.0964 e. The van der Waals surface area contributed by atoms with Gasteiger partial charge in [-0.3, -0.25) is 4.68 Å². The molecule has 3 rings (SSSR count). The molecule has 1 aromatic heterocycles. The SMILES string of the molecule is c1c(CNC2CC2)nnn1CC1CCOC1. The second-order valence-corrected chi connectivity index (χ2v) is 4.82. The molecule has 1 aliphatic heterocycles. The molecule has 0 aromatic carbocycles. The Labute approximate surface area is 95.2 Å². The predicted molar refractivity (Wildman–Crippen MR) is 58.8 cm³/mol. The molecule has 2 heterocycles. The van der Waals surface area contributed by atoms with E-state index in [4.69, 9.17) is 4.74 Å². The summed E-state index contributed by atoms with van der Waals surface area (Å²) in [5.74, 6) is 0.617. The predicted octanol–water partition coefficient (Wildman–Crippen LogP) is 0.567. The summed E-state index contributed by atoms with van der Waals surface area (Å²) in [7, 11) is 0. The Kier molecular flexibility index (Phi) is 2.88. The minimum Gasteiger partial charge on any atom is -0.381 e. The standard InChI is InChI=1S/C11H18N4O/c1-2-10(1)12-5-11-7-15(14-13-11)6-9-3-4-16-8-9/h7,9-10,12H,1-6,8H2. The average molecular weight is 222 g/mol. The van der Waals surface area contributed by atoms with Gasteiger partial charge < -0.3 is 10.1 Å². The Morgan fingerprint density at radius 3 is 3.12 bits per heavy atom. The second kappa shape index (κ2) is 4.51. The van der Waals surface area contributed by atoms with Crippen molar-refractivity contribution in [2.75, 3.05) is 13.2 Å². The minimum absolute atomic E-state index is 0.617. The highest BCUT2D eigenvalue weighted by atomic mass is 16.5. The van der Waals surface area contributed by atoms with Crippen LogP contribution in [-0.4, -0.2) is 34.2 Å². The molecular weight excluding hydrogens is 204 g/mol. The molecule has 16 heavy (non-hydrogen) atoms.